The molecule has 136 valence electrons. The van der Waals surface area contributed by atoms with E-state index in [1.807, 2.05) is 4.57 Å². The van der Waals surface area contributed by atoms with Crippen LogP contribution in [0.1, 0.15) is 52.5 Å². The van der Waals surface area contributed by atoms with Crippen LogP contribution >= 0.6 is 0 Å². The van der Waals surface area contributed by atoms with Crippen LogP contribution in [-0.4, -0.2) is 39.4 Å². The Kier molecular flexibility index (Phi) is 4.44. The van der Waals surface area contributed by atoms with Crippen molar-refractivity contribution < 1.29 is 14.0 Å². The topological polar surface area (TPSA) is 67.2 Å². The first-order chi connectivity index (χ1) is 12.6. The van der Waals surface area contributed by atoms with E-state index in [0.717, 1.165) is 50.9 Å². The fraction of sp³-hybridized carbons (Fsp3) is 0.421. The number of halogens is 1. The minimum atomic E-state index is -0.500. The second-order valence-corrected chi connectivity index (χ2v) is 6.77. The Morgan fingerprint density at radius 3 is 2.54 bits per heavy atom. The van der Waals surface area contributed by atoms with Crippen molar-refractivity contribution in [2.24, 2.45) is 0 Å². The van der Waals surface area contributed by atoms with Crippen molar-refractivity contribution in [3.05, 3.63) is 47.3 Å². The van der Waals surface area contributed by atoms with Gasteiger partial charge < -0.3 is 14.8 Å². The number of benzene rings is 1. The van der Waals surface area contributed by atoms with Crippen LogP contribution in [0.2, 0.25) is 0 Å². The number of nitrogens with zero attached hydrogens (tertiary/aromatic N) is 3. The van der Waals surface area contributed by atoms with Gasteiger partial charge in [-0.2, -0.15) is 0 Å². The van der Waals surface area contributed by atoms with E-state index in [9.17, 15) is 14.0 Å². The second kappa shape index (κ2) is 6.90. The lowest BCUT2D eigenvalue weighted by Gasteiger charge is -2.18. The third-order valence-corrected chi connectivity index (χ3v) is 5.04. The van der Waals surface area contributed by atoms with Gasteiger partial charge in [0.15, 0.2) is 5.82 Å². The minimum Gasteiger partial charge on any atom is -0.337 e. The minimum absolute atomic E-state index is 0.0990. The summed E-state index contributed by atoms with van der Waals surface area (Å²) in [6.07, 6.45) is 4.64. The summed E-state index contributed by atoms with van der Waals surface area (Å²) in [6, 6.07) is 6.01. The van der Waals surface area contributed by atoms with Gasteiger partial charge in [-0.15, -0.1) is 0 Å². The smallest absolute Gasteiger partial charge is 0.291 e. The lowest BCUT2D eigenvalue weighted by Crippen LogP contribution is -2.29. The maximum atomic E-state index is 13.8. The van der Waals surface area contributed by atoms with Gasteiger partial charge in [-0.05, 0) is 44.2 Å². The Labute approximate surface area is 151 Å². The van der Waals surface area contributed by atoms with Crippen LogP contribution < -0.4 is 5.32 Å². The van der Waals surface area contributed by atoms with Gasteiger partial charge in [0.05, 0.1) is 11.4 Å². The van der Waals surface area contributed by atoms with Crippen LogP contribution in [0, 0.1) is 5.82 Å². The first kappa shape index (κ1) is 16.8. The number of hydrogen-bond donors (Lipinski definition) is 1. The molecule has 1 N–H and O–H groups in total. The molecular formula is C19H21FN4O2. The standard InChI is InChI=1S/C19H21FN4O2/c20-13-7-1-2-8-14(13)21-18(25)17-22-16(15-9-3-4-12-24(15)17)19(26)23-10-5-6-11-23/h1-2,7-8H,3-6,9-12H2,(H,21,25). The average Bonchev–Trinajstić information content (AvgIpc) is 3.31. The first-order valence-corrected chi connectivity index (χ1v) is 9.09. The van der Waals surface area contributed by atoms with Gasteiger partial charge in [-0.3, -0.25) is 9.59 Å². The fourth-order valence-corrected chi connectivity index (χ4v) is 3.70. The van der Waals surface area contributed by atoms with Crippen molar-refractivity contribution in [2.75, 3.05) is 18.4 Å². The maximum absolute atomic E-state index is 13.8. The van der Waals surface area contributed by atoms with E-state index < -0.39 is 11.7 Å². The quantitative estimate of drug-likeness (QED) is 0.920. The highest BCUT2D eigenvalue weighted by Gasteiger charge is 2.31. The number of hydrogen-bond acceptors (Lipinski definition) is 3. The van der Waals surface area contributed by atoms with Gasteiger partial charge in [0, 0.05) is 19.6 Å². The van der Waals surface area contributed by atoms with Crippen LogP contribution in [0.25, 0.3) is 0 Å². The monoisotopic (exact) mass is 356 g/mol. The summed E-state index contributed by atoms with van der Waals surface area (Å²) in [5.74, 6) is -0.901. The molecule has 0 unspecified atom stereocenters. The predicted octanol–water partition coefficient (Wildman–Crippen LogP) is 2.85. The number of amides is 2. The molecule has 0 atom stereocenters. The Balaban J connectivity index is 1.66. The Hall–Kier alpha value is -2.70. The van der Waals surface area contributed by atoms with Crippen molar-refractivity contribution >= 4 is 17.5 Å². The number of imidazole rings is 1. The molecule has 1 aromatic carbocycles. The van der Waals surface area contributed by atoms with Gasteiger partial charge in [-0.1, -0.05) is 12.1 Å². The average molecular weight is 356 g/mol. The number of nitrogens with one attached hydrogen (secondary N) is 1. The highest BCUT2D eigenvalue weighted by Crippen LogP contribution is 2.24. The predicted molar refractivity (Wildman–Crippen MR) is 94.7 cm³/mol. The van der Waals surface area contributed by atoms with Gasteiger partial charge in [0.1, 0.15) is 11.5 Å². The Bertz CT molecular complexity index is 855. The molecule has 2 aliphatic rings. The molecule has 0 bridgehead atoms. The summed E-state index contributed by atoms with van der Waals surface area (Å²) in [5.41, 5.74) is 1.31. The lowest BCUT2D eigenvalue weighted by molar-refractivity contribution is 0.0786. The molecule has 2 aliphatic heterocycles. The number of carbonyl (C=O) groups is 2. The third kappa shape index (κ3) is 2.98. The molecule has 1 aromatic heterocycles. The second-order valence-electron chi connectivity index (χ2n) is 6.77. The van der Waals surface area contributed by atoms with Crippen molar-refractivity contribution in [1.29, 1.82) is 0 Å². The van der Waals surface area contributed by atoms with E-state index in [0.29, 0.717) is 12.2 Å². The molecule has 6 nitrogen and oxygen atoms in total. The molecule has 1 saturated heterocycles. The summed E-state index contributed by atoms with van der Waals surface area (Å²) in [4.78, 5) is 31.7. The molecule has 0 aliphatic carbocycles. The summed E-state index contributed by atoms with van der Waals surface area (Å²) in [6.45, 7) is 2.12. The normalized spacial score (nSPS) is 16.4. The van der Waals surface area contributed by atoms with E-state index in [1.165, 1.54) is 12.1 Å². The van der Waals surface area contributed by atoms with Crippen LogP contribution in [0.5, 0.6) is 0 Å². The van der Waals surface area contributed by atoms with Crippen molar-refractivity contribution in [2.45, 2.75) is 38.6 Å². The van der Waals surface area contributed by atoms with E-state index in [4.69, 9.17) is 0 Å². The van der Waals surface area contributed by atoms with Gasteiger partial charge >= 0.3 is 0 Å². The molecule has 0 radical (unpaired) electrons. The summed E-state index contributed by atoms with van der Waals surface area (Å²) < 4.78 is 15.7. The highest BCUT2D eigenvalue weighted by molar-refractivity contribution is 6.03. The van der Waals surface area contributed by atoms with Crippen molar-refractivity contribution in [3.8, 4) is 0 Å². The molecular weight excluding hydrogens is 335 g/mol. The van der Waals surface area contributed by atoms with Crippen LogP contribution in [0.3, 0.4) is 0 Å². The van der Waals surface area contributed by atoms with Crippen LogP contribution in [-0.2, 0) is 13.0 Å². The summed E-state index contributed by atoms with van der Waals surface area (Å²) in [5, 5.41) is 2.58. The zero-order valence-electron chi connectivity index (χ0n) is 14.5. The third-order valence-electron chi connectivity index (χ3n) is 5.04. The maximum Gasteiger partial charge on any atom is 0.291 e. The van der Waals surface area contributed by atoms with Crippen molar-refractivity contribution in [1.82, 2.24) is 14.5 Å². The van der Waals surface area contributed by atoms with Crippen LogP contribution in [0.15, 0.2) is 24.3 Å². The summed E-state index contributed by atoms with van der Waals surface area (Å²) >= 11 is 0. The zero-order chi connectivity index (χ0) is 18.1. The lowest BCUT2D eigenvalue weighted by atomic mass is 10.1. The van der Waals surface area contributed by atoms with Gasteiger partial charge in [0.25, 0.3) is 11.8 Å². The van der Waals surface area contributed by atoms with E-state index >= 15 is 0 Å². The molecule has 4 rings (SSSR count). The van der Waals surface area contributed by atoms with E-state index in [2.05, 4.69) is 10.3 Å². The molecule has 0 saturated carbocycles. The number of carbonyl (C=O) groups excluding carboxylic acids is 2. The zero-order valence-corrected chi connectivity index (χ0v) is 14.5. The number of aromatic nitrogens is 2. The van der Waals surface area contributed by atoms with Crippen molar-refractivity contribution in [3.63, 3.8) is 0 Å². The first-order valence-electron chi connectivity index (χ1n) is 9.09. The van der Waals surface area contributed by atoms with Gasteiger partial charge in [-0.25, -0.2) is 9.37 Å². The fourth-order valence-electron chi connectivity index (χ4n) is 3.70. The molecule has 0 spiro atoms. The Morgan fingerprint density at radius 2 is 1.77 bits per heavy atom. The molecule has 26 heavy (non-hydrogen) atoms. The molecule has 1 fully saturated rings. The molecule has 2 aromatic rings. The molecule has 3 heterocycles. The Morgan fingerprint density at radius 1 is 1.04 bits per heavy atom. The number of rotatable bonds is 3. The molecule has 7 heteroatoms. The van der Waals surface area contributed by atoms with E-state index in [1.54, 1.807) is 17.0 Å². The number of likely N-dealkylation sites (tertiary alicyclic amines) is 1. The summed E-state index contributed by atoms with van der Waals surface area (Å²) in [7, 11) is 0. The largest absolute Gasteiger partial charge is 0.337 e. The number of anilines is 1. The number of fused-ring (bicyclic) bond motifs is 1. The van der Waals surface area contributed by atoms with Gasteiger partial charge in [0.2, 0.25) is 0 Å². The van der Waals surface area contributed by atoms with E-state index in [-0.39, 0.29) is 17.4 Å². The number of para-hydroxylation sites is 1. The SMILES string of the molecule is O=C(Nc1ccccc1F)c1nc(C(=O)N2CCCC2)c2n1CCCC2. The highest BCUT2D eigenvalue weighted by atomic mass is 19.1. The molecule has 2 amide bonds. The van der Waals surface area contributed by atoms with Crippen LogP contribution in [0.4, 0.5) is 10.1 Å².